The summed E-state index contributed by atoms with van der Waals surface area (Å²) in [6.07, 6.45) is 4.63. The molecule has 156 valence electrons. The van der Waals surface area contributed by atoms with Crippen LogP contribution in [0.1, 0.15) is 47.0 Å². The predicted molar refractivity (Wildman–Crippen MR) is 101 cm³/mol. The second kappa shape index (κ2) is 10.8. The number of nitrogens with zero attached hydrogens (tertiary/aromatic N) is 1. The van der Waals surface area contributed by atoms with E-state index in [-0.39, 0.29) is 32.1 Å². The Labute approximate surface area is 161 Å². The minimum atomic E-state index is -4.54. The first-order valence-corrected chi connectivity index (χ1v) is 11.2. The highest BCUT2D eigenvalue weighted by Crippen LogP contribution is 2.50. The fourth-order valence-corrected chi connectivity index (χ4v) is 4.59. The van der Waals surface area contributed by atoms with Gasteiger partial charge in [-0.1, -0.05) is 26.0 Å². The maximum Gasteiger partial charge on any atom is 0.410 e. The van der Waals surface area contributed by atoms with E-state index < -0.39 is 37.3 Å². The third-order valence-corrected chi connectivity index (χ3v) is 6.26. The Hall–Kier alpha value is -1.37. The predicted octanol–water partition coefficient (Wildman–Crippen LogP) is 2.94. The number of carbonyl (C=O) groups excluding carboxylic acids is 2. The first-order chi connectivity index (χ1) is 12.7. The molecule has 0 aromatic heterocycles. The van der Waals surface area contributed by atoms with E-state index >= 15 is 0 Å². The summed E-state index contributed by atoms with van der Waals surface area (Å²) in [5, 5.41) is 0. The molecular weight excluding hydrogens is 373 g/mol. The third-order valence-electron chi connectivity index (χ3n) is 4.93. The van der Waals surface area contributed by atoms with Gasteiger partial charge in [0.1, 0.15) is 6.04 Å². The van der Waals surface area contributed by atoms with Gasteiger partial charge in [0.2, 0.25) is 0 Å². The highest BCUT2D eigenvalue weighted by molar-refractivity contribution is 7.52. The molecule has 1 rings (SSSR count). The van der Waals surface area contributed by atoms with Gasteiger partial charge < -0.3 is 19.3 Å². The molecule has 9 heteroatoms. The summed E-state index contributed by atoms with van der Waals surface area (Å²) in [5.74, 6) is -1.20. The molecule has 1 heterocycles. The maximum atomic E-state index is 12.5. The van der Waals surface area contributed by atoms with Crippen LogP contribution in [0.2, 0.25) is 0 Å². The lowest BCUT2D eigenvalue weighted by Gasteiger charge is -2.29. The van der Waals surface area contributed by atoms with Gasteiger partial charge in [0.15, 0.2) is 0 Å². The first-order valence-electron chi connectivity index (χ1n) is 9.54. The quantitative estimate of drug-likeness (QED) is 0.344. The highest BCUT2D eigenvalue weighted by Gasteiger charge is 2.50. The first kappa shape index (κ1) is 23.7. The monoisotopic (exact) mass is 405 g/mol. The summed E-state index contributed by atoms with van der Waals surface area (Å²) in [7, 11) is -4.54. The van der Waals surface area contributed by atoms with Gasteiger partial charge in [-0.3, -0.25) is 9.46 Å². The molecule has 8 nitrogen and oxygen atoms in total. The SMILES string of the molecule is CCOC(=O)C1C(C(/C=C/C(CC)CC)P(=O)(O)O)CCN1C(=O)OCC. The van der Waals surface area contributed by atoms with Crippen molar-refractivity contribution in [1.82, 2.24) is 4.90 Å². The van der Waals surface area contributed by atoms with Crippen LogP contribution >= 0.6 is 7.60 Å². The molecule has 1 amide bonds. The summed E-state index contributed by atoms with van der Waals surface area (Å²) in [5.41, 5.74) is -1.16. The molecule has 0 bridgehead atoms. The van der Waals surface area contributed by atoms with Crippen molar-refractivity contribution in [2.75, 3.05) is 19.8 Å². The van der Waals surface area contributed by atoms with Crippen molar-refractivity contribution in [3.63, 3.8) is 0 Å². The number of carbonyl (C=O) groups is 2. The normalized spacial score (nSPS) is 21.7. The Balaban J connectivity index is 3.22. The van der Waals surface area contributed by atoms with Gasteiger partial charge in [-0.05, 0) is 39.0 Å². The minimum absolute atomic E-state index is 0.114. The van der Waals surface area contributed by atoms with Crippen molar-refractivity contribution in [3.05, 3.63) is 12.2 Å². The molecular formula is C18H32NO7P. The molecule has 0 spiro atoms. The summed E-state index contributed by atoms with van der Waals surface area (Å²) in [6, 6.07) is -1.08. The van der Waals surface area contributed by atoms with Crippen molar-refractivity contribution in [2.24, 2.45) is 11.8 Å². The average molecular weight is 405 g/mol. The van der Waals surface area contributed by atoms with Gasteiger partial charge in [0.25, 0.3) is 0 Å². The fraction of sp³-hybridized carbons (Fsp3) is 0.778. The van der Waals surface area contributed by atoms with Crippen molar-refractivity contribution < 1.29 is 33.4 Å². The van der Waals surface area contributed by atoms with Gasteiger partial charge in [0.05, 0.1) is 18.9 Å². The third kappa shape index (κ3) is 6.33. The smallest absolute Gasteiger partial charge is 0.410 e. The number of allylic oxidation sites excluding steroid dienone is 2. The van der Waals surface area contributed by atoms with Gasteiger partial charge >= 0.3 is 19.7 Å². The second-order valence-electron chi connectivity index (χ2n) is 6.58. The van der Waals surface area contributed by atoms with Crippen LogP contribution in [0.3, 0.4) is 0 Å². The molecule has 0 aromatic rings. The zero-order chi connectivity index (χ0) is 20.6. The standard InChI is InChI=1S/C18H32NO7P/c1-5-13(6-2)9-10-15(27(22,23)24)14-11-12-19(18(21)26-8-4)16(14)17(20)25-7-3/h9-10,13-16H,5-8,11-12H2,1-4H3,(H2,22,23,24)/b10-9+. The van der Waals surface area contributed by atoms with Crippen LogP contribution in [0.4, 0.5) is 4.79 Å². The number of hydrogen-bond donors (Lipinski definition) is 2. The number of hydrogen-bond acceptors (Lipinski definition) is 5. The second-order valence-corrected chi connectivity index (χ2v) is 8.36. The Bertz CT molecular complexity index is 570. The van der Waals surface area contributed by atoms with Crippen LogP contribution in [-0.4, -0.2) is 58.2 Å². The van der Waals surface area contributed by atoms with Crippen LogP contribution in [0.25, 0.3) is 0 Å². The summed E-state index contributed by atoms with van der Waals surface area (Å²) in [6.45, 7) is 7.75. The Kier molecular flexibility index (Phi) is 9.50. The summed E-state index contributed by atoms with van der Waals surface area (Å²) in [4.78, 5) is 45.8. The van der Waals surface area contributed by atoms with Crippen LogP contribution in [0.5, 0.6) is 0 Å². The van der Waals surface area contributed by atoms with Crippen LogP contribution in [0.15, 0.2) is 12.2 Å². The zero-order valence-electron chi connectivity index (χ0n) is 16.5. The van der Waals surface area contributed by atoms with E-state index in [1.807, 2.05) is 13.8 Å². The maximum absolute atomic E-state index is 12.5. The van der Waals surface area contributed by atoms with E-state index in [0.717, 1.165) is 12.8 Å². The molecule has 3 atom stereocenters. The van der Waals surface area contributed by atoms with Crippen molar-refractivity contribution >= 4 is 19.7 Å². The summed E-state index contributed by atoms with van der Waals surface area (Å²) < 4.78 is 22.3. The van der Waals surface area contributed by atoms with E-state index in [1.165, 1.54) is 11.0 Å². The zero-order valence-corrected chi connectivity index (χ0v) is 17.4. The molecule has 1 aliphatic heterocycles. The molecule has 0 radical (unpaired) electrons. The summed E-state index contributed by atoms with van der Waals surface area (Å²) >= 11 is 0. The van der Waals surface area contributed by atoms with E-state index in [1.54, 1.807) is 19.9 Å². The van der Waals surface area contributed by atoms with E-state index in [2.05, 4.69) is 0 Å². The largest absolute Gasteiger partial charge is 0.464 e. The average Bonchev–Trinajstić information content (AvgIpc) is 3.02. The van der Waals surface area contributed by atoms with E-state index in [4.69, 9.17) is 9.47 Å². The number of likely N-dealkylation sites (tertiary alicyclic amines) is 1. The molecule has 1 fully saturated rings. The highest BCUT2D eigenvalue weighted by atomic mass is 31.2. The Morgan fingerprint density at radius 2 is 1.70 bits per heavy atom. The molecule has 0 aliphatic carbocycles. The van der Waals surface area contributed by atoms with Crippen LogP contribution < -0.4 is 0 Å². The molecule has 3 unspecified atom stereocenters. The lowest BCUT2D eigenvalue weighted by Crippen LogP contribution is -2.46. The van der Waals surface area contributed by atoms with Gasteiger partial charge in [0, 0.05) is 12.5 Å². The lowest BCUT2D eigenvalue weighted by molar-refractivity contribution is -0.149. The van der Waals surface area contributed by atoms with Crippen LogP contribution in [0, 0.1) is 11.8 Å². The molecule has 0 aromatic carbocycles. The lowest BCUT2D eigenvalue weighted by atomic mass is 9.94. The number of ether oxygens (including phenoxy) is 2. The van der Waals surface area contributed by atoms with Gasteiger partial charge in [-0.15, -0.1) is 0 Å². The van der Waals surface area contributed by atoms with Gasteiger partial charge in [-0.2, -0.15) is 0 Å². The van der Waals surface area contributed by atoms with Crippen molar-refractivity contribution in [2.45, 2.75) is 58.7 Å². The topological polar surface area (TPSA) is 113 Å². The van der Waals surface area contributed by atoms with Gasteiger partial charge in [-0.25, -0.2) is 9.59 Å². The molecule has 27 heavy (non-hydrogen) atoms. The number of amides is 1. The molecule has 1 saturated heterocycles. The number of rotatable bonds is 9. The van der Waals surface area contributed by atoms with Crippen LogP contribution in [-0.2, 0) is 18.8 Å². The fourth-order valence-electron chi connectivity index (χ4n) is 3.45. The minimum Gasteiger partial charge on any atom is -0.464 e. The van der Waals surface area contributed by atoms with E-state index in [0.29, 0.717) is 0 Å². The Morgan fingerprint density at radius 3 is 2.19 bits per heavy atom. The van der Waals surface area contributed by atoms with Crippen molar-refractivity contribution in [1.29, 1.82) is 0 Å². The number of esters is 1. The molecule has 0 saturated carbocycles. The Morgan fingerprint density at radius 1 is 1.11 bits per heavy atom. The molecule has 1 aliphatic rings. The van der Waals surface area contributed by atoms with E-state index in [9.17, 15) is 23.9 Å². The molecule has 2 N–H and O–H groups in total. The van der Waals surface area contributed by atoms with Crippen molar-refractivity contribution in [3.8, 4) is 0 Å².